The average Bonchev–Trinajstić information content (AvgIpc) is 1.81. The van der Waals surface area contributed by atoms with Crippen LogP contribution in [0.1, 0.15) is 4.11 Å². The first kappa shape index (κ1) is 2.67. The number of carbonyl (C=O) groups is 1. The first-order chi connectivity index (χ1) is 4.45. The van der Waals surface area contributed by atoms with Crippen LogP contribution in [-0.4, -0.2) is 26.6 Å². The average molecular weight is 106 g/mol. The SMILES string of the molecule is [2H]C([2H])([2H])NCC(=O)OC. The molecule has 0 aliphatic carbocycles. The van der Waals surface area contributed by atoms with Crippen molar-refractivity contribution in [2.24, 2.45) is 0 Å². The number of likely N-dealkylation sites (N-methyl/N-ethyl adjacent to an activating group) is 1. The Morgan fingerprint density at radius 2 is 2.86 bits per heavy atom. The quantitative estimate of drug-likeness (QED) is 0.477. The van der Waals surface area contributed by atoms with Crippen LogP contribution in [0, 0.1) is 0 Å². The molecule has 0 fully saturated rings. The molecule has 0 saturated carbocycles. The summed E-state index contributed by atoms with van der Waals surface area (Å²) in [5.74, 6) is -0.587. The maximum absolute atomic E-state index is 10.3. The highest BCUT2D eigenvalue weighted by Crippen LogP contribution is 1.64. The van der Waals surface area contributed by atoms with E-state index in [1.807, 2.05) is 5.32 Å². The highest BCUT2D eigenvalue weighted by atomic mass is 16.5. The summed E-state index contributed by atoms with van der Waals surface area (Å²) < 4.78 is 24.0. The molecule has 0 heterocycles. The minimum atomic E-state index is -2.27. The molecule has 3 nitrogen and oxygen atoms in total. The fourth-order valence-electron chi connectivity index (χ4n) is 0.144. The van der Waals surface area contributed by atoms with E-state index < -0.39 is 12.9 Å². The summed E-state index contributed by atoms with van der Waals surface area (Å²) in [4.78, 5) is 10.3. The second-order valence-electron chi connectivity index (χ2n) is 0.930. The summed E-state index contributed by atoms with van der Waals surface area (Å²) in [7, 11) is 1.20. The lowest BCUT2D eigenvalue weighted by atomic mass is 10.7. The van der Waals surface area contributed by atoms with Crippen molar-refractivity contribution in [1.29, 1.82) is 0 Å². The highest BCUT2D eigenvalue weighted by Gasteiger charge is 1.91. The van der Waals surface area contributed by atoms with Crippen molar-refractivity contribution in [2.75, 3.05) is 20.6 Å². The van der Waals surface area contributed by atoms with Crippen molar-refractivity contribution in [2.45, 2.75) is 0 Å². The molecule has 42 valence electrons. The van der Waals surface area contributed by atoms with Crippen LogP contribution < -0.4 is 5.32 Å². The van der Waals surface area contributed by atoms with Gasteiger partial charge in [-0.3, -0.25) is 4.79 Å². The second kappa shape index (κ2) is 3.61. The highest BCUT2D eigenvalue weighted by molar-refractivity contribution is 5.71. The van der Waals surface area contributed by atoms with E-state index in [2.05, 4.69) is 4.74 Å². The van der Waals surface area contributed by atoms with Crippen molar-refractivity contribution >= 4 is 5.97 Å². The van der Waals surface area contributed by atoms with Gasteiger partial charge < -0.3 is 10.1 Å². The van der Waals surface area contributed by atoms with Crippen LogP contribution in [0.15, 0.2) is 0 Å². The minimum absolute atomic E-state index is 0.285. The van der Waals surface area contributed by atoms with Crippen LogP contribution in [0.5, 0.6) is 0 Å². The summed E-state index contributed by atoms with van der Waals surface area (Å²) >= 11 is 0. The zero-order valence-electron chi connectivity index (χ0n) is 7.02. The number of esters is 1. The molecule has 0 unspecified atom stereocenters. The molecular weight excluding hydrogens is 94.0 g/mol. The van der Waals surface area contributed by atoms with Gasteiger partial charge in [0.15, 0.2) is 0 Å². The molecular formula is C4H9NO2. The Morgan fingerprint density at radius 3 is 3.29 bits per heavy atom. The zero-order valence-corrected chi connectivity index (χ0v) is 4.02. The van der Waals surface area contributed by atoms with Crippen LogP contribution in [0.25, 0.3) is 0 Å². The molecule has 0 saturated heterocycles. The predicted molar refractivity (Wildman–Crippen MR) is 25.9 cm³/mol. The van der Waals surface area contributed by atoms with Gasteiger partial charge in [-0.2, -0.15) is 0 Å². The third-order valence-electron chi connectivity index (χ3n) is 0.460. The Balaban J connectivity index is 3.46. The second-order valence-corrected chi connectivity index (χ2v) is 0.930. The number of hydrogen-bond acceptors (Lipinski definition) is 3. The van der Waals surface area contributed by atoms with E-state index in [0.717, 1.165) is 0 Å². The molecule has 7 heavy (non-hydrogen) atoms. The summed E-state index contributed by atoms with van der Waals surface area (Å²) in [6, 6.07) is 0. The Morgan fingerprint density at radius 1 is 2.14 bits per heavy atom. The number of ether oxygens (including phenoxy) is 1. The smallest absolute Gasteiger partial charge is 0.319 e. The van der Waals surface area contributed by atoms with Crippen LogP contribution in [0.2, 0.25) is 0 Å². The molecule has 0 bridgehead atoms. The Bertz CT molecular complexity index is 122. The molecule has 0 aliphatic heterocycles. The van der Waals surface area contributed by atoms with Gasteiger partial charge in [-0.15, -0.1) is 0 Å². The van der Waals surface area contributed by atoms with Gasteiger partial charge in [0.25, 0.3) is 0 Å². The lowest BCUT2D eigenvalue weighted by molar-refractivity contribution is -0.139. The van der Waals surface area contributed by atoms with Gasteiger partial charge >= 0.3 is 5.97 Å². The molecule has 0 radical (unpaired) electrons. The molecule has 0 spiro atoms. The maximum Gasteiger partial charge on any atom is 0.319 e. The van der Waals surface area contributed by atoms with Crippen LogP contribution >= 0.6 is 0 Å². The molecule has 0 amide bonds. The normalized spacial score (nSPS) is 16.4. The minimum Gasteiger partial charge on any atom is -0.468 e. The molecule has 3 heteroatoms. The third-order valence-corrected chi connectivity index (χ3v) is 0.460. The van der Waals surface area contributed by atoms with Crippen molar-refractivity contribution < 1.29 is 13.6 Å². The van der Waals surface area contributed by atoms with E-state index in [9.17, 15) is 4.79 Å². The standard InChI is InChI=1S/C4H9NO2/c1-5-3-4(6)7-2/h5H,3H2,1-2H3/i1D3. The van der Waals surface area contributed by atoms with E-state index in [0.29, 0.717) is 0 Å². The Kier molecular flexibility index (Phi) is 1.38. The van der Waals surface area contributed by atoms with Crippen molar-refractivity contribution in [3.8, 4) is 0 Å². The fraction of sp³-hybridized carbons (Fsp3) is 0.750. The fourth-order valence-corrected chi connectivity index (χ4v) is 0.144. The number of carbonyl (C=O) groups excluding carboxylic acids is 1. The molecule has 0 aliphatic rings. The van der Waals surface area contributed by atoms with Gasteiger partial charge in [0.1, 0.15) is 0 Å². The monoisotopic (exact) mass is 106 g/mol. The van der Waals surface area contributed by atoms with E-state index in [-0.39, 0.29) is 6.54 Å². The van der Waals surface area contributed by atoms with Gasteiger partial charge in [-0.25, -0.2) is 0 Å². The first-order valence-corrected chi connectivity index (χ1v) is 1.77. The van der Waals surface area contributed by atoms with Gasteiger partial charge in [0.05, 0.1) is 13.7 Å². The summed E-state index contributed by atoms with van der Waals surface area (Å²) in [6.45, 7) is -2.55. The number of nitrogens with one attached hydrogen (secondary N) is 1. The Hall–Kier alpha value is -0.570. The van der Waals surface area contributed by atoms with Gasteiger partial charge in [0, 0.05) is 4.11 Å². The van der Waals surface area contributed by atoms with Gasteiger partial charge in [-0.05, 0) is 6.98 Å². The van der Waals surface area contributed by atoms with Gasteiger partial charge in [-0.1, -0.05) is 0 Å². The van der Waals surface area contributed by atoms with Crippen LogP contribution in [0.4, 0.5) is 0 Å². The molecule has 0 rings (SSSR count). The summed E-state index contributed by atoms with van der Waals surface area (Å²) in [5.41, 5.74) is 0. The lowest BCUT2D eigenvalue weighted by Gasteiger charge is -1.93. The van der Waals surface area contributed by atoms with Crippen LogP contribution in [-0.2, 0) is 9.53 Å². The summed E-state index contributed by atoms with van der Waals surface area (Å²) in [6.07, 6.45) is 0. The van der Waals surface area contributed by atoms with E-state index in [4.69, 9.17) is 4.11 Å². The van der Waals surface area contributed by atoms with E-state index >= 15 is 0 Å². The summed E-state index contributed by atoms with van der Waals surface area (Å²) in [5, 5.41) is 2.00. The molecule has 0 aromatic heterocycles. The molecule has 0 aromatic rings. The number of rotatable bonds is 2. The van der Waals surface area contributed by atoms with Crippen LogP contribution in [0.3, 0.4) is 0 Å². The van der Waals surface area contributed by atoms with Crippen molar-refractivity contribution in [3.63, 3.8) is 0 Å². The third kappa shape index (κ3) is 3.26. The number of methoxy groups -OCH3 is 1. The first-order valence-electron chi connectivity index (χ1n) is 3.27. The van der Waals surface area contributed by atoms with E-state index in [1.165, 1.54) is 7.11 Å². The van der Waals surface area contributed by atoms with E-state index in [1.54, 1.807) is 0 Å². The predicted octanol–water partition coefficient (Wildman–Crippen LogP) is -0.621. The zero-order chi connectivity index (χ0) is 8.20. The number of hydrogen-bond donors (Lipinski definition) is 1. The molecule has 1 N–H and O–H groups in total. The molecule has 0 atom stereocenters. The van der Waals surface area contributed by atoms with Crippen molar-refractivity contribution in [3.05, 3.63) is 0 Å². The van der Waals surface area contributed by atoms with Crippen molar-refractivity contribution in [1.82, 2.24) is 5.32 Å². The maximum atomic E-state index is 10.3. The largest absolute Gasteiger partial charge is 0.468 e. The molecule has 0 aromatic carbocycles. The Labute approximate surface area is 46.9 Å². The van der Waals surface area contributed by atoms with Gasteiger partial charge in [0.2, 0.25) is 0 Å². The topological polar surface area (TPSA) is 38.3 Å². The lowest BCUT2D eigenvalue weighted by Crippen LogP contribution is -2.19.